The van der Waals surface area contributed by atoms with E-state index >= 15 is 0 Å². The Kier molecular flexibility index (Phi) is 6.08. The van der Waals surface area contributed by atoms with Gasteiger partial charge in [-0.15, -0.1) is 0 Å². The topological polar surface area (TPSA) is 108 Å². The molecule has 92 valence electrons. The van der Waals surface area contributed by atoms with E-state index in [0.717, 1.165) is 12.1 Å². The molecule has 6 nitrogen and oxygen atoms in total. The van der Waals surface area contributed by atoms with Crippen molar-refractivity contribution in [3.05, 3.63) is 30.1 Å². The van der Waals surface area contributed by atoms with Crippen LogP contribution in [0.15, 0.2) is 24.4 Å². The lowest BCUT2D eigenvalue weighted by atomic mass is 10.3. The molecule has 0 saturated carbocycles. The Balaban J connectivity index is 0.000000281. The molecule has 0 spiro atoms. The number of pyridine rings is 1. The van der Waals surface area contributed by atoms with Gasteiger partial charge in [0.1, 0.15) is 0 Å². The monoisotopic (exact) mass is 267 g/mol. The summed E-state index contributed by atoms with van der Waals surface area (Å²) in [6.45, 7) is 2.72. The van der Waals surface area contributed by atoms with Crippen LogP contribution in [0.5, 0.6) is 0 Å². The lowest BCUT2D eigenvalue weighted by molar-refractivity contribution is 0.378. The van der Waals surface area contributed by atoms with Crippen molar-refractivity contribution in [2.45, 2.75) is 13.3 Å². The highest BCUT2D eigenvalue weighted by Gasteiger charge is 2.33. The van der Waals surface area contributed by atoms with Gasteiger partial charge < -0.3 is 14.7 Å². The average molecular weight is 267 g/mol. The zero-order valence-corrected chi connectivity index (χ0v) is 10.8. The lowest BCUT2D eigenvalue weighted by Crippen LogP contribution is -1.81. The molecule has 1 rings (SSSR count). The fraction of sp³-hybridized carbons (Fsp3) is 0.375. The molecule has 0 bridgehead atoms. The second-order valence-corrected chi connectivity index (χ2v) is 9.51. The van der Waals surface area contributed by atoms with Crippen LogP contribution < -0.4 is 0 Å². The van der Waals surface area contributed by atoms with Crippen LogP contribution in [0, 0.1) is 0 Å². The van der Waals surface area contributed by atoms with E-state index in [1.165, 1.54) is 0 Å². The first kappa shape index (κ1) is 15.5. The molecule has 0 aliphatic rings. The Labute approximate surface area is 93.9 Å². The van der Waals surface area contributed by atoms with Crippen molar-refractivity contribution in [3.8, 4) is 0 Å². The number of aryl methyl sites for hydroxylation is 1. The Morgan fingerprint density at radius 1 is 1.25 bits per heavy atom. The predicted octanol–water partition coefficient (Wildman–Crippen LogP) is 1.62. The van der Waals surface area contributed by atoms with Gasteiger partial charge in [0.05, 0.1) is 0 Å². The van der Waals surface area contributed by atoms with Gasteiger partial charge in [0.25, 0.3) is 0 Å². The Hall–Kier alpha value is -0.510. The van der Waals surface area contributed by atoms with E-state index in [9.17, 15) is 9.13 Å². The second kappa shape index (κ2) is 6.28. The molecule has 1 aromatic heterocycles. The van der Waals surface area contributed by atoms with Crippen LogP contribution in [0.4, 0.5) is 0 Å². The van der Waals surface area contributed by atoms with Crippen LogP contribution in [0.25, 0.3) is 0 Å². The summed E-state index contributed by atoms with van der Waals surface area (Å²) < 4.78 is 19.9. The van der Waals surface area contributed by atoms with Crippen LogP contribution in [0.3, 0.4) is 0 Å². The van der Waals surface area contributed by atoms with E-state index in [0.29, 0.717) is 6.66 Å². The minimum absolute atomic E-state index is 0.619. The van der Waals surface area contributed by atoms with Gasteiger partial charge in [0.15, 0.2) is 0 Å². The van der Waals surface area contributed by atoms with Crippen molar-refractivity contribution in [1.29, 1.82) is 0 Å². The molecule has 1 heterocycles. The molecule has 3 N–H and O–H groups in total. The number of aromatic nitrogens is 1. The lowest BCUT2D eigenvalue weighted by Gasteiger charge is -2.04. The van der Waals surface area contributed by atoms with Gasteiger partial charge in [-0.05, 0) is 18.6 Å². The molecule has 0 radical (unpaired) electrons. The van der Waals surface area contributed by atoms with Crippen LogP contribution in [0.1, 0.15) is 12.6 Å². The molecule has 0 fully saturated rings. The third-order valence-corrected chi connectivity index (χ3v) is 5.44. The number of rotatable bonds is 2. The summed E-state index contributed by atoms with van der Waals surface area (Å²) in [5.41, 5.74) is 1.16. The molecule has 16 heavy (non-hydrogen) atoms. The Morgan fingerprint density at radius 2 is 1.75 bits per heavy atom. The van der Waals surface area contributed by atoms with Crippen molar-refractivity contribution in [2.24, 2.45) is 0 Å². The van der Waals surface area contributed by atoms with Gasteiger partial charge in [-0.25, -0.2) is 4.57 Å². The number of hydrogen-bond acceptors (Lipinski definition) is 3. The molecule has 0 aliphatic carbocycles. The molecule has 1 atom stereocenters. The standard InChI is InChI=1S/C7H9N.CH6O5P2/c1-2-7-5-3-4-6-8-7;1-7(2,3)8(4,5)6/h3-6H,2H2,1H3;1H3,(H,2,3)(H2,4,5,6). The van der Waals surface area contributed by atoms with Gasteiger partial charge in [0, 0.05) is 18.6 Å². The molecule has 0 aliphatic heterocycles. The highest BCUT2D eigenvalue weighted by atomic mass is 32.1. The van der Waals surface area contributed by atoms with Crippen LogP contribution in [-0.2, 0) is 15.6 Å². The first-order valence-corrected chi connectivity index (χ1v) is 8.87. The van der Waals surface area contributed by atoms with E-state index in [2.05, 4.69) is 11.9 Å². The van der Waals surface area contributed by atoms with E-state index in [-0.39, 0.29) is 0 Å². The van der Waals surface area contributed by atoms with Crippen LogP contribution in [0.2, 0.25) is 0 Å². The van der Waals surface area contributed by atoms with Gasteiger partial charge in [0.2, 0.25) is 0 Å². The first-order chi connectivity index (χ1) is 7.18. The van der Waals surface area contributed by atoms with Crippen molar-refractivity contribution in [2.75, 3.05) is 6.66 Å². The van der Waals surface area contributed by atoms with Crippen LogP contribution in [-0.4, -0.2) is 26.3 Å². The molecule has 0 amide bonds. The van der Waals surface area contributed by atoms with Gasteiger partial charge in [-0.1, -0.05) is 13.0 Å². The number of nitrogens with zero attached hydrogens (tertiary/aromatic N) is 1. The quantitative estimate of drug-likeness (QED) is 0.703. The maximum atomic E-state index is 10.0. The van der Waals surface area contributed by atoms with Gasteiger partial charge in [-0.3, -0.25) is 9.55 Å². The fourth-order valence-electron chi connectivity index (χ4n) is 0.607. The predicted molar refractivity (Wildman–Crippen MR) is 61.4 cm³/mol. The molecular formula is C8H15NO5P2. The third-order valence-electron chi connectivity index (χ3n) is 1.57. The van der Waals surface area contributed by atoms with E-state index in [1.54, 1.807) is 0 Å². The molecule has 0 saturated heterocycles. The zero-order valence-electron chi connectivity index (χ0n) is 9.02. The van der Waals surface area contributed by atoms with Crippen LogP contribution >= 0.6 is 14.3 Å². The number of hydrogen-bond donors (Lipinski definition) is 3. The minimum atomic E-state index is -4.74. The summed E-state index contributed by atoms with van der Waals surface area (Å²) in [5.74, 6) is 0. The van der Waals surface area contributed by atoms with Gasteiger partial charge >= 0.3 is 14.3 Å². The van der Waals surface area contributed by atoms with Gasteiger partial charge in [-0.2, -0.15) is 0 Å². The second-order valence-electron chi connectivity index (χ2n) is 3.02. The van der Waals surface area contributed by atoms with E-state index in [1.807, 2.05) is 24.4 Å². The SMILES string of the molecule is CCc1ccccn1.CP(=O)(O)P(=O)(O)O. The summed E-state index contributed by atoms with van der Waals surface area (Å²) in [7, 11) is -8.92. The zero-order chi connectivity index (χ0) is 12.8. The maximum Gasteiger partial charge on any atom is 0.407 e. The third kappa shape index (κ3) is 6.16. The average Bonchev–Trinajstić information content (AvgIpc) is 2.17. The maximum absolute atomic E-state index is 10.0. The molecule has 1 aromatic rings. The summed E-state index contributed by atoms with van der Waals surface area (Å²) in [5, 5.41) is 0. The fourth-order valence-corrected chi connectivity index (χ4v) is 0.607. The minimum Gasteiger partial charge on any atom is -0.336 e. The molecule has 0 aromatic carbocycles. The highest BCUT2D eigenvalue weighted by Crippen LogP contribution is 2.71. The summed E-state index contributed by atoms with van der Waals surface area (Å²) in [6, 6.07) is 5.96. The van der Waals surface area contributed by atoms with Crippen molar-refractivity contribution in [1.82, 2.24) is 4.98 Å². The summed E-state index contributed by atoms with van der Waals surface area (Å²) in [6.07, 6.45) is 2.85. The largest absolute Gasteiger partial charge is 0.407 e. The van der Waals surface area contributed by atoms with Crippen molar-refractivity contribution < 1.29 is 23.8 Å². The smallest absolute Gasteiger partial charge is 0.336 e. The normalized spacial score (nSPS) is 14.6. The Morgan fingerprint density at radius 3 is 1.94 bits per heavy atom. The summed E-state index contributed by atoms with van der Waals surface area (Å²) >= 11 is 0. The van der Waals surface area contributed by atoms with Crippen molar-refractivity contribution >= 4 is 14.3 Å². The first-order valence-electron chi connectivity index (χ1n) is 4.44. The molecule has 8 heteroatoms. The summed E-state index contributed by atoms with van der Waals surface area (Å²) in [4.78, 5) is 28.1. The van der Waals surface area contributed by atoms with E-state index in [4.69, 9.17) is 14.7 Å². The molecule has 1 unspecified atom stereocenters. The van der Waals surface area contributed by atoms with E-state index < -0.39 is 14.3 Å². The van der Waals surface area contributed by atoms with Crippen molar-refractivity contribution in [3.63, 3.8) is 0 Å². The Bertz CT molecular complexity index is 376. The molecular weight excluding hydrogens is 252 g/mol. The highest BCUT2D eigenvalue weighted by molar-refractivity contribution is 8.28.